The fourth-order valence-electron chi connectivity index (χ4n) is 1.34. The summed E-state index contributed by atoms with van der Waals surface area (Å²) in [7, 11) is 0. The first-order valence-electron chi connectivity index (χ1n) is 6.22. The molecule has 0 unspecified atom stereocenters. The van der Waals surface area contributed by atoms with E-state index in [-0.39, 0.29) is 0 Å². The van der Waals surface area contributed by atoms with Crippen LogP contribution in [0.2, 0.25) is 5.02 Å². The monoisotopic (exact) mass is 241 g/mol. The Kier molecular flexibility index (Phi) is 12.1. The molecule has 0 saturated heterocycles. The maximum Gasteiger partial charge on any atom is 0.0405 e. The van der Waals surface area contributed by atoms with Gasteiger partial charge in [0.25, 0.3) is 0 Å². The van der Waals surface area contributed by atoms with E-state index < -0.39 is 0 Å². The smallest absolute Gasteiger partial charge is 0.0405 e. The van der Waals surface area contributed by atoms with Crippen molar-refractivity contribution in [1.82, 2.24) is 0 Å². The molecule has 0 fully saturated rings. The molecule has 0 aromatic heterocycles. The molecular weight excluding hydrogens is 218 g/mol. The van der Waals surface area contributed by atoms with Gasteiger partial charge in [-0.2, -0.15) is 0 Å². The third-order valence-electron chi connectivity index (χ3n) is 2.29. The lowest BCUT2D eigenvalue weighted by atomic mass is 10.1. The van der Waals surface area contributed by atoms with E-state index in [1.807, 2.05) is 30.3 Å². The van der Waals surface area contributed by atoms with Crippen LogP contribution in [0.4, 0.5) is 0 Å². The molecule has 1 aromatic carbocycles. The highest BCUT2D eigenvalue weighted by Gasteiger charge is 1.85. The highest BCUT2D eigenvalue weighted by molar-refractivity contribution is 6.30. The van der Waals surface area contributed by atoms with Crippen LogP contribution in [-0.2, 0) is 0 Å². The molecule has 0 radical (unpaired) electrons. The fraction of sp³-hybridized carbons (Fsp3) is 0.571. The van der Waals surface area contributed by atoms with Gasteiger partial charge in [-0.15, -0.1) is 0 Å². The van der Waals surface area contributed by atoms with Crippen LogP contribution >= 0.6 is 11.6 Å². The molecular formula is C14H24ClN. The summed E-state index contributed by atoms with van der Waals surface area (Å²) in [5.74, 6) is 0. The van der Waals surface area contributed by atoms with Crippen molar-refractivity contribution in [3.05, 3.63) is 35.4 Å². The maximum absolute atomic E-state index is 5.54. The van der Waals surface area contributed by atoms with Crippen LogP contribution in [0.15, 0.2) is 30.3 Å². The second-order valence-electron chi connectivity index (χ2n) is 3.85. The van der Waals surface area contributed by atoms with Crippen molar-refractivity contribution in [1.29, 1.82) is 0 Å². The Bertz CT molecular complexity index is 217. The number of hydrogen-bond donors (Lipinski definition) is 1. The SMILES string of the molecule is CCCCCCCCN.Clc1ccccc1. The van der Waals surface area contributed by atoms with Crippen molar-refractivity contribution in [3.63, 3.8) is 0 Å². The first kappa shape index (κ1) is 15.5. The van der Waals surface area contributed by atoms with Crippen LogP contribution in [-0.4, -0.2) is 6.54 Å². The third kappa shape index (κ3) is 11.5. The molecule has 2 N–H and O–H groups in total. The Balaban J connectivity index is 0.000000288. The molecule has 1 nitrogen and oxygen atoms in total. The summed E-state index contributed by atoms with van der Waals surface area (Å²) in [6, 6.07) is 9.44. The molecule has 0 aliphatic carbocycles. The topological polar surface area (TPSA) is 26.0 Å². The average molecular weight is 242 g/mol. The normalized spacial score (nSPS) is 9.44. The highest BCUT2D eigenvalue weighted by Crippen LogP contribution is 2.04. The molecule has 0 aliphatic rings. The number of nitrogens with two attached hydrogens (primary N) is 1. The standard InChI is InChI=1S/C8H19N.C6H5Cl/c1-2-3-4-5-6-7-8-9;7-6-4-2-1-3-5-6/h2-9H2,1H3;1-5H. The number of halogens is 1. The van der Waals surface area contributed by atoms with Crippen LogP contribution in [0.3, 0.4) is 0 Å². The minimum absolute atomic E-state index is 0.794. The molecule has 1 aromatic rings. The lowest BCUT2D eigenvalue weighted by molar-refractivity contribution is 0.612. The van der Waals surface area contributed by atoms with E-state index in [1.165, 1.54) is 38.5 Å². The van der Waals surface area contributed by atoms with Crippen LogP contribution in [0, 0.1) is 0 Å². The quantitative estimate of drug-likeness (QED) is 0.721. The van der Waals surface area contributed by atoms with E-state index in [9.17, 15) is 0 Å². The zero-order valence-corrected chi connectivity index (χ0v) is 11.0. The predicted molar refractivity (Wildman–Crippen MR) is 73.9 cm³/mol. The molecule has 0 atom stereocenters. The predicted octanol–water partition coefficient (Wildman–Crippen LogP) is 4.65. The number of hydrogen-bond acceptors (Lipinski definition) is 1. The van der Waals surface area contributed by atoms with E-state index in [4.69, 9.17) is 17.3 Å². The van der Waals surface area contributed by atoms with Gasteiger partial charge in [-0.1, -0.05) is 68.8 Å². The Morgan fingerprint density at radius 2 is 1.50 bits per heavy atom. The van der Waals surface area contributed by atoms with Gasteiger partial charge in [-0.25, -0.2) is 0 Å². The molecule has 0 aliphatic heterocycles. The van der Waals surface area contributed by atoms with Crippen molar-refractivity contribution in [2.24, 2.45) is 5.73 Å². The zero-order chi connectivity index (χ0) is 12.1. The lowest BCUT2D eigenvalue weighted by Crippen LogP contribution is -1.97. The van der Waals surface area contributed by atoms with Crippen molar-refractivity contribution < 1.29 is 0 Å². The lowest BCUT2D eigenvalue weighted by Gasteiger charge is -1.96. The molecule has 92 valence electrons. The van der Waals surface area contributed by atoms with E-state index in [2.05, 4.69) is 6.92 Å². The van der Waals surface area contributed by atoms with E-state index in [1.54, 1.807) is 0 Å². The fourth-order valence-corrected chi connectivity index (χ4v) is 1.48. The second kappa shape index (κ2) is 12.5. The van der Waals surface area contributed by atoms with Crippen LogP contribution in [0.5, 0.6) is 0 Å². The maximum atomic E-state index is 5.54. The Morgan fingerprint density at radius 1 is 0.938 bits per heavy atom. The Morgan fingerprint density at radius 3 is 1.94 bits per heavy atom. The largest absolute Gasteiger partial charge is 0.330 e. The van der Waals surface area contributed by atoms with Crippen molar-refractivity contribution in [2.45, 2.75) is 45.4 Å². The Hall–Kier alpha value is -0.530. The highest BCUT2D eigenvalue weighted by atomic mass is 35.5. The minimum atomic E-state index is 0.794. The molecule has 0 spiro atoms. The second-order valence-corrected chi connectivity index (χ2v) is 4.29. The van der Waals surface area contributed by atoms with E-state index >= 15 is 0 Å². The van der Waals surface area contributed by atoms with Gasteiger partial charge in [0.1, 0.15) is 0 Å². The van der Waals surface area contributed by atoms with Gasteiger partial charge in [0.05, 0.1) is 0 Å². The minimum Gasteiger partial charge on any atom is -0.330 e. The molecule has 0 bridgehead atoms. The van der Waals surface area contributed by atoms with Crippen LogP contribution in [0.25, 0.3) is 0 Å². The summed E-state index contributed by atoms with van der Waals surface area (Å²) in [5, 5.41) is 0.794. The van der Waals surface area contributed by atoms with Gasteiger partial charge in [0, 0.05) is 5.02 Å². The van der Waals surface area contributed by atoms with Crippen LogP contribution in [0.1, 0.15) is 45.4 Å². The van der Waals surface area contributed by atoms with E-state index in [0.29, 0.717) is 0 Å². The zero-order valence-electron chi connectivity index (χ0n) is 10.3. The van der Waals surface area contributed by atoms with Crippen molar-refractivity contribution >= 4 is 11.6 Å². The van der Waals surface area contributed by atoms with Crippen molar-refractivity contribution in [3.8, 4) is 0 Å². The molecule has 0 saturated carbocycles. The number of benzene rings is 1. The number of unbranched alkanes of at least 4 members (excludes halogenated alkanes) is 5. The van der Waals surface area contributed by atoms with Gasteiger partial charge in [-0.3, -0.25) is 0 Å². The first-order valence-corrected chi connectivity index (χ1v) is 6.59. The van der Waals surface area contributed by atoms with Gasteiger partial charge in [0.2, 0.25) is 0 Å². The molecule has 1 rings (SSSR count). The molecule has 16 heavy (non-hydrogen) atoms. The summed E-state index contributed by atoms with van der Waals surface area (Å²) >= 11 is 5.54. The molecule has 0 amide bonds. The average Bonchev–Trinajstić information content (AvgIpc) is 2.31. The summed E-state index contributed by atoms with van der Waals surface area (Å²) in [6.07, 6.45) is 8.05. The van der Waals surface area contributed by atoms with Gasteiger partial charge >= 0.3 is 0 Å². The summed E-state index contributed by atoms with van der Waals surface area (Å²) in [6.45, 7) is 3.11. The van der Waals surface area contributed by atoms with Gasteiger partial charge in [0.15, 0.2) is 0 Å². The van der Waals surface area contributed by atoms with E-state index in [0.717, 1.165) is 11.6 Å². The molecule has 0 heterocycles. The molecule has 2 heteroatoms. The summed E-state index contributed by atoms with van der Waals surface area (Å²) in [5.41, 5.74) is 5.34. The summed E-state index contributed by atoms with van der Waals surface area (Å²) < 4.78 is 0. The summed E-state index contributed by atoms with van der Waals surface area (Å²) in [4.78, 5) is 0. The van der Waals surface area contributed by atoms with Crippen molar-refractivity contribution in [2.75, 3.05) is 6.54 Å². The van der Waals surface area contributed by atoms with Crippen LogP contribution < -0.4 is 5.73 Å². The van der Waals surface area contributed by atoms with Gasteiger partial charge < -0.3 is 5.73 Å². The third-order valence-corrected chi connectivity index (χ3v) is 2.54. The first-order chi connectivity index (χ1) is 7.81. The Labute approximate surface area is 105 Å². The van der Waals surface area contributed by atoms with Gasteiger partial charge in [-0.05, 0) is 25.1 Å². The number of rotatable bonds is 6.